The monoisotopic (exact) mass is 687 g/mol. The molecule has 0 aliphatic heterocycles. The van der Waals surface area contributed by atoms with Crippen LogP contribution < -0.4 is 10.6 Å². The number of benzene rings is 3. The third-order valence-corrected chi connectivity index (χ3v) is 7.84. The summed E-state index contributed by atoms with van der Waals surface area (Å²) in [6.45, 7) is 17.9. The number of aryl methyl sites for hydroxylation is 2. The van der Waals surface area contributed by atoms with Crippen molar-refractivity contribution in [1.29, 1.82) is 0 Å². The first kappa shape index (κ1) is 39.6. The molecule has 3 unspecified atom stereocenters. The summed E-state index contributed by atoms with van der Waals surface area (Å²) in [5.41, 5.74) is 2.31. The number of nitrogens with one attached hydrogen (secondary N) is 2. The topological polar surface area (TPSA) is 134 Å². The maximum atomic E-state index is 14.8. The molecule has 3 amide bonds. The second-order valence-corrected chi connectivity index (χ2v) is 14.9. The van der Waals surface area contributed by atoms with Crippen molar-refractivity contribution in [2.75, 3.05) is 0 Å². The number of amides is 3. The lowest BCUT2D eigenvalue weighted by Crippen LogP contribution is -2.57. The van der Waals surface area contributed by atoms with Crippen LogP contribution in [0.2, 0.25) is 0 Å². The van der Waals surface area contributed by atoms with Crippen molar-refractivity contribution in [3.05, 3.63) is 101 Å². The lowest BCUT2D eigenvalue weighted by molar-refractivity contribution is -0.159. The van der Waals surface area contributed by atoms with Crippen LogP contribution in [0.3, 0.4) is 0 Å². The van der Waals surface area contributed by atoms with Gasteiger partial charge in [-0.05, 0) is 109 Å². The number of carbonyl (C=O) groups is 4. The van der Waals surface area contributed by atoms with Crippen LogP contribution in [0.4, 0.5) is 4.79 Å². The van der Waals surface area contributed by atoms with Gasteiger partial charge in [0.25, 0.3) is 0 Å². The molecular formula is C40H53N3O7. The second-order valence-electron chi connectivity index (χ2n) is 14.9. The van der Waals surface area contributed by atoms with Gasteiger partial charge in [-0.1, -0.05) is 60.7 Å². The Hall–Kier alpha value is -4.86. The van der Waals surface area contributed by atoms with Crippen LogP contribution in [0.25, 0.3) is 0 Å². The molecule has 0 aromatic heterocycles. The Morgan fingerprint density at radius 1 is 0.720 bits per heavy atom. The van der Waals surface area contributed by atoms with E-state index in [1.807, 2.05) is 56.3 Å². The molecule has 0 heterocycles. The highest BCUT2D eigenvalue weighted by Gasteiger charge is 2.40. The van der Waals surface area contributed by atoms with E-state index < -0.39 is 59.2 Å². The molecule has 3 rings (SSSR count). The van der Waals surface area contributed by atoms with E-state index in [4.69, 9.17) is 9.47 Å². The summed E-state index contributed by atoms with van der Waals surface area (Å²) < 4.78 is 11.3. The lowest BCUT2D eigenvalue weighted by Gasteiger charge is -2.38. The minimum absolute atomic E-state index is 0.0530. The number of aromatic hydroxyl groups is 1. The quantitative estimate of drug-likeness (QED) is 0.185. The summed E-state index contributed by atoms with van der Waals surface area (Å²) in [4.78, 5) is 57.5. The first-order valence-corrected chi connectivity index (χ1v) is 17.0. The first-order chi connectivity index (χ1) is 23.2. The number of ether oxygens (including phenoxy) is 2. The summed E-state index contributed by atoms with van der Waals surface area (Å²) in [6.07, 6.45) is -0.573. The third-order valence-electron chi connectivity index (χ3n) is 7.84. The lowest BCUT2D eigenvalue weighted by atomic mass is 9.95. The number of alkyl carbamates (subject to hydrolysis) is 1. The molecule has 50 heavy (non-hydrogen) atoms. The third kappa shape index (κ3) is 11.9. The molecule has 3 aromatic rings. The van der Waals surface area contributed by atoms with Crippen LogP contribution in [0, 0.1) is 13.8 Å². The highest BCUT2D eigenvalue weighted by Crippen LogP contribution is 2.28. The van der Waals surface area contributed by atoms with Gasteiger partial charge in [-0.2, -0.15) is 0 Å². The Morgan fingerprint density at radius 3 is 1.82 bits per heavy atom. The van der Waals surface area contributed by atoms with E-state index in [0.29, 0.717) is 11.1 Å². The van der Waals surface area contributed by atoms with Crippen molar-refractivity contribution in [2.24, 2.45) is 0 Å². The fourth-order valence-corrected chi connectivity index (χ4v) is 5.42. The van der Waals surface area contributed by atoms with Crippen molar-refractivity contribution < 1.29 is 33.8 Å². The van der Waals surface area contributed by atoms with Crippen LogP contribution in [-0.2, 0) is 36.7 Å². The minimum atomic E-state index is -1.19. The van der Waals surface area contributed by atoms with Gasteiger partial charge in [0.05, 0.1) is 0 Å². The number of esters is 1. The van der Waals surface area contributed by atoms with E-state index in [9.17, 15) is 24.3 Å². The molecule has 0 spiro atoms. The molecule has 0 bridgehead atoms. The molecule has 0 saturated heterocycles. The highest BCUT2D eigenvalue weighted by molar-refractivity contribution is 5.94. The fraction of sp³-hybridized carbons (Fsp3) is 0.450. The number of phenolic OH excluding ortho intramolecular Hbond substituents is 1. The molecule has 0 saturated carbocycles. The predicted molar refractivity (Wildman–Crippen MR) is 194 cm³/mol. The van der Waals surface area contributed by atoms with Gasteiger partial charge in [0, 0.05) is 18.9 Å². The average Bonchev–Trinajstić information content (AvgIpc) is 3.00. The Kier molecular flexibility index (Phi) is 13.2. The zero-order valence-corrected chi connectivity index (χ0v) is 31.0. The van der Waals surface area contributed by atoms with Gasteiger partial charge in [0.15, 0.2) is 0 Å². The Labute approximate surface area is 296 Å². The molecule has 0 fully saturated rings. The second kappa shape index (κ2) is 16.7. The molecule has 0 aliphatic rings. The first-order valence-electron chi connectivity index (χ1n) is 17.0. The summed E-state index contributed by atoms with van der Waals surface area (Å²) in [5.74, 6) is -1.66. The summed E-state index contributed by atoms with van der Waals surface area (Å²) in [6, 6.07) is 17.2. The van der Waals surface area contributed by atoms with Crippen molar-refractivity contribution in [2.45, 2.75) is 117 Å². The van der Waals surface area contributed by atoms with E-state index >= 15 is 0 Å². The number of hydrogen-bond donors (Lipinski definition) is 3. The zero-order valence-electron chi connectivity index (χ0n) is 31.0. The molecule has 270 valence electrons. The maximum absolute atomic E-state index is 14.8. The summed E-state index contributed by atoms with van der Waals surface area (Å²) in [7, 11) is 0. The van der Waals surface area contributed by atoms with E-state index in [1.165, 1.54) is 17.0 Å². The summed E-state index contributed by atoms with van der Waals surface area (Å²) in [5, 5.41) is 15.5. The number of carbonyl (C=O) groups excluding carboxylic acids is 4. The molecule has 3 N–H and O–H groups in total. The van der Waals surface area contributed by atoms with E-state index in [1.54, 1.807) is 73.6 Å². The largest absolute Gasteiger partial charge is 0.508 e. The number of phenols is 1. The number of nitrogens with zero attached hydrogens (tertiary/aromatic N) is 1. The predicted octanol–water partition coefficient (Wildman–Crippen LogP) is 6.49. The van der Waals surface area contributed by atoms with Crippen LogP contribution in [0.1, 0.15) is 89.2 Å². The van der Waals surface area contributed by atoms with E-state index in [-0.39, 0.29) is 18.6 Å². The average molecular weight is 688 g/mol. The van der Waals surface area contributed by atoms with Crippen molar-refractivity contribution >= 4 is 23.9 Å². The molecule has 0 aliphatic carbocycles. The van der Waals surface area contributed by atoms with Gasteiger partial charge in [0.2, 0.25) is 11.8 Å². The fourth-order valence-electron chi connectivity index (χ4n) is 5.42. The maximum Gasteiger partial charge on any atom is 0.408 e. The highest BCUT2D eigenvalue weighted by atomic mass is 16.6. The van der Waals surface area contributed by atoms with Gasteiger partial charge in [-0.3, -0.25) is 9.59 Å². The van der Waals surface area contributed by atoms with Gasteiger partial charge >= 0.3 is 12.1 Å². The van der Waals surface area contributed by atoms with Crippen molar-refractivity contribution in [3.63, 3.8) is 0 Å². The Balaban J connectivity index is 2.12. The zero-order chi connectivity index (χ0) is 37.4. The van der Waals surface area contributed by atoms with Crippen LogP contribution in [0.5, 0.6) is 5.75 Å². The van der Waals surface area contributed by atoms with E-state index in [0.717, 1.165) is 16.7 Å². The van der Waals surface area contributed by atoms with E-state index in [2.05, 4.69) is 10.6 Å². The van der Waals surface area contributed by atoms with Gasteiger partial charge in [-0.25, -0.2) is 9.59 Å². The molecule has 3 aromatic carbocycles. The van der Waals surface area contributed by atoms with Gasteiger partial charge in [-0.15, -0.1) is 0 Å². The normalized spacial score (nSPS) is 13.5. The number of rotatable bonds is 12. The van der Waals surface area contributed by atoms with Crippen LogP contribution >= 0.6 is 0 Å². The molecule has 10 nitrogen and oxygen atoms in total. The number of hydrogen-bond acceptors (Lipinski definition) is 7. The van der Waals surface area contributed by atoms with Crippen LogP contribution in [0.15, 0.2) is 72.8 Å². The molecule has 3 atom stereocenters. The molecule has 10 heteroatoms. The van der Waals surface area contributed by atoms with Crippen molar-refractivity contribution in [3.8, 4) is 5.75 Å². The van der Waals surface area contributed by atoms with Crippen molar-refractivity contribution in [1.82, 2.24) is 15.5 Å². The van der Waals surface area contributed by atoms with Gasteiger partial charge < -0.3 is 30.1 Å². The Bertz CT molecular complexity index is 1620. The Morgan fingerprint density at radius 2 is 1.28 bits per heavy atom. The minimum Gasteiger partial charge on any atom is -0.508 e. The smallest absolute Gasteiger partial charge is 0.408 e. The standard InChI is InChI=1S/C40H53N3O7/c1-25(2)43(36(46)32(42-38(48)50-40(8,9)10)23-29-17-20-31(44)21-18-29)34(30-19-16-26(3)27(4)22-30)35(45)41-33(37(47)49-39(5,6)7)24-28-14-12-11-13-15-28/h11-22,25,32-34,44H,23-24H2,1-10H3,(H,41,45)(H,42,48). The van der Waals surface area contributed by atoms with Gasteiger partial charge in [0.1, 0.15) is 35.1 Å². The summed E-state index contributed by atoms with van der Waals surface area (Å²) >= 11 is 0. The van der Waals surface area contributed by atoms with Crippen LogP contribution in [-0.4, -0.2) is 63.2 Å². The SMILES string of the molecule is Cc1ccc(C(C(=O)NC(Cc2ccccc2)C(=O)OC(C)(C)C)N(C(=O)C(Cc2ccc(O)cc2)NC(=O)OC(C)(C)C)C(C)C)cc1C. The molecular weight excluding hydrogens is 634 g/mol. The molecule has 0 radical (unpaired) electrons.